The minimum absolute atomic E-state index is 0.256. The molecule has 0 saturated carbocycles. The highest BCUT2D eigenvalue weighted by Gasteiger charge is 2.15. The highest BCUT2D eigenvalue weighted by atomic mass is 19.1. The second-order valence-corrected chi connectivity index (χ2v) is 4.11. The fourth-order valence-corrected chi connectivity index (χ4v) is 1.81. The van der Waals surface area contributed by atoms with Crippen LogP contribution in [0.1, 0.15) is 17.2 Å². The number of halogens is 2. The molecule has 1 heterocycles. The monoisotopic (exact) mass is 252 g/mol. The lowest BCUT2D eigenvalue weighted by atomic mass is 10.0. The predicted octanol–water partition coefficient (Wildman–Crippen LogP) is 1.45. The van der Waals surface area contributed by atoms with Gasteiger partial charge in [-0.2, -0.15) is 5.10 Å². The summed E-state index contributed by atoms with van der Waals surface area (Å²) < 4.78 is 28.2. The zero-order chi connectivity index (χ0) is 13.1. The van der Waals surface area contributed by atoms with Gasteiger partial charge in [-0.3, -0.25) is 16.0 Å². The summed E-state index contributed by atoms with van der Waals surface area (Å²) in [7, 11) is 1.78. The minimum atomic E-state index is -0.464. The highest BCUT2D eigenvalue weighted by molar-refractivity contribution is 5.22. The average Bonchev–Trinajstić information content (AvgIpc) is 2.77. The van der Waals surface area contributed by atoms with Gasteiger partial charge in [0.2, 0.25) is 0 Å². The maximum absolute atomic E-state index is 13.5. The first-order valence-electron chi connectivity index (χ1n) is 5.48. The first-order chi connectivity index (χ1) is 8.60. The molecule has 0 fully saturated rings. The Morgan fingerprint density at radius 3 is 2.83 bits per heavy atom. The van der Waals surface area contributed by atoms with E-state index in [-0.39, 0.29) is 18.0 Å². The van der Waals surface area contributed by atoms with Crippen LogP contribution in [-0.2, 0) is 13.5 Å². The molecule has 0 amide bonds. The molecule has 6 heteroatoms. The van der Waals surface area contributed by atoms with Crippen molar-refractivity contribution in [1.82, 2.24) is 15.2 Å². The lowest BCUT2D eigenvalue weighted by molar-refractivity contribution is 0.522. The van der Waals surface area contributed by atoms with Crippen molar-refractivity contribution in [3.05, 3.63) is 53.4 Å². The van der Waals surface area contributed by atoms with Gasteiger partial charge in [0.25, 0.3) is 0 Å². The first kappa shape index (κ1) is 12.7. The van der Waals surface area contributed by atoms with E-state index in [0.29, 0.717) is 0 Å². The number of benzene rings is 1. The molecule has 1 atom stereocenters. The molecule has 18 heavy (non-hydrogen) atoms. The van der Waals surface area contributed by atoms with E-state index in [1.807, 2.05) is 0 Å². The number of aryl methyl sites for hydroxylation is 1. The van der Waals surface area contributed by atoms with Gasteiger partial charge in [-0.25, -0.2) is 8.78 Å². The van der Waals surface area contributed by atoms with Crippen LogP contribution in [0.2, 0.25) is 0 Å². The second kappa shape index (κ2) is 5.24. The molecular formula is C12H14F2N4. The van der Waals surface area contributed by atoms with E-state index in [0.717, 1.165) is 17.7 Å². The van der Waals surface area contributed by atoms with Gasteiger partial charge in [0.1, 0.15) is 11.6 Å². The zero-order valence-electron chi connectivity index (χ0n) is 9.90. The van der Waals surface area contributed by atoms with Gasteiger partial charge in [-0.05, 0) is 30.2 Å². The molecule has 96 valence electrons. The standard InChI is InChI=1S/C12H14F2N4/c1-18-7-9(6-16-18)12(17-15)5-8-4-10(13)2-3-11(8)14/h2-4,6-7,12,17H,5,15H2,1H3. The SMILES string of the molecule is Cn1cc(C(Cc2cc(F)ccc2F)NN)cn1. The number of hydrogen-bond donors (Lipinski definition) is 2. The summed E-state index contributed by atoms with van der Waals surface area (Å²) in [6.07, 6.45) is 3.68. The molecule has 1 aromatic carbocycles. The van der Waals surface area contributed by atoms with E-state index in [9.17, 15) is 8.78 Å². The van der Waals surface area contributed by atoms with Gasteiger partial charge >= 0.3 is 0 Å². The van der Waals surface area contributed by atoms with Crippen LogP contribution in [-0.4, -0.2) is 9.78 Å². The number of nitrogens with two attached hydrogens (primary N) is 1. The molecule has 0 aliphatic heterocycles. The number of rotatable bonds is 4. The van der Waals surface area contributed by atoms with Gasteiger partial charge in [0.15, 0.2) is 0 Å². The maximum Gasteiger partial charge on any atom is 0.126 e. The van der Waals surface area contributed by atoms with E-state index in [1.54, 1.807) is 24.1 Å². The maximum atomic E-state index is 13.5. The summed E-state index contributed by atoms with van der Waals surface area (Å²) in [4.78, 5) is 0. The van der Waals surface area contributed by atoms with Gasteiger partial charge in [-0.15, -0.1) is 0 Å². The van der Waals surface area contributed by atoms with Crippen molar-refractivity contribution >= 4 is 0 Å². The van der Waals surface area contributed by atoms with Crippen molar-refractivity contribution in [3.63, 3.8) is 0 Å². The molecule has 0 aliphatic carbocycles. The van der Waals surface area contributed by atoms with Gasteiger partial charge in [-0.1, -0.05) is 0 Å². The van der Waals surface area contributed by atoms with Crippen molar-refractivity contribution in [1.29, 1.82) is 0 Å². The molecule has 0 bridgehead atoms. The van der Waals surface area contributed by atoms with Crippen LogP contribution in [0.25, 0.3) is 0 Å². The quantitative estimate of drug-likeness (QED) is 0.639. The molecule has 0 saturated heterocycles. The Bertz CT molecular complexity index is 539. The smallest absolute Gasteiger partial charge is 0.126 e. The third-order valence-corrected chi connectivity index (χ3v) is 2.76. The lowest BCUT2D eigenvalue weighted by Gasteiger charge is -2.14. The van der Waals surface area contributed by atoms with Crippen LogP contribution >= 0.6 is 0 Å². The van der Waals surface area contributed by atoms with E-state index in [2.05, 4.69) is 10.5 Å². The number of aromatic nitrogens is 2. The minimum Gasteiger partial charge on any atom is -0.275 e. The molecule has 1 aromatic heterocycles. The Morgan fingerprint density at radius 2 is 2.22 bits per heavy atom. The molecule has 0 radical (unpaired) electrons. The third kappa shape index (κ3) is 2.72. The normalized spacial score (nSPS) is 12.7. The Morgan fingerprint density at radius 1 is 1.44 bits per heavy atom. The van der Waals surface area contributed by atoms with Crippen molar-refractivity contribution in [2.24, 2.45) is 12.9 Å². The Hall–Kier alpha value is -1.79. The zero-order valence-corrected chi connectivity index (χ0v) is 9.90. The number of hydrazine groups is 1. The van der Waals surface area contributed by atoms with Crippen LogP contribution < -0.4 is 11.3 Å². The molecule has 2 aromatic rings. The number of nitrogens with zero attached hydrogens (tertiary/aromatic N) is 2. The Labute approximate surface area is 103 Å². The largest absolute Gasteiger partial charge is 0.275 e. The Balaban J connectivity index is 2.22. The van der Waals surface area contributed by atoms with Crippen LogP contribution in [0.3, 0.4) is 0 Å². The average molecular weight is 252 g/mol. The highest BCUT2D eigenvalue weighted by Crippen LogP contribution is 2.19. The van der Waals surface area contributed by atoms with Crippen molar-refractivity contribution < 1.29 is 8.78 Å². The molecule has 0 spiro atoms. The molecule has 3 N–H and O–H groups in total. The van der Waals surface area contributed by atoms with Crippen LogP contribution in [0.15, 0.2) is 30.6 Å². The van der Waals surface area contributed by atoms with E-state index >= 15 is 0 Å². The summed E-state index contributed by atoms with van der Waals surface area (Å²) in [5, 5.41) is 4.02. The van der Waals surface area contributed by atoms with Crippen molar-refractivity contribution in [2.75, 3.05) is 0 Å². The second-order valence-electron chi connectivity index (χ2n) is 4.11. The summed E-state index contributed by atoms with van der Waals surface area (Å²) in [6.45, 7) is 0. The molecular weight excluding hydrogens is 238 g/mol. The topological polar surface area (TPSA) is 55.9 Å². The summed E-state index contributed by atoms with van der Waals surface area (Å²) in [5.41, 5.74) is 3.69. The number of nitrogens with one attached hydrogen (secondary N) is 1. The van der Waals surface area contributed by atoms with E-state index in [4.69, 9.17) is 5.84 Å². The van der Waals surface area contributed by atoms with Gasteiger partial charge in [0.05, 0.1) is 12.2 Å². The van der Waals surface area contributed by atoms with Crippen LogP contribution in [0.5, 0.6) is 0 Å². The molecule has 4 nitrogen and oxygen atoms in total. The van der Waals surface area contributed by atoms with Crippen molar-refractivity contribution in [2.45, 2.75) is 12.5 Å². The summed E-state index contributed by atoms with van der Waals surface area (Å²) >= 11 is 0. The number of hydrogen-bond acceptors (Lipinski definition) is 3. The summed E-state index contributed by atoms with van der Waals surface area (Å²) in [5.74, 6) is 4.54. The van der Waals surface area contributed by atoms with Crippen molar-refractivity contribution in [3.8, 4) is 0 Å². The van der Waals surface area contributed by atoms with E-state index < -0.39 is 11.6 Å². The Kier molecular flexibility index (Phi) is 3.69. The predicted molar refractivity (Wildman–Crippen MR) is 63.3 cm³/mol. The molecule has 2 rings (SSSR count). The summed E-state index contributed by atoms with van der Waals surface area (Å²) in [6, 6.07) is 3.07. The molecule has 1 unspecified atom stereocenters. The fourth-order valence-electron chi connectivity index (χ4n) is 1.81. The van der Waals surface area contributed by atoms with Gasteiger partial charge in [0, 0.05) is 18.8 Å². The molecule has 0 aliphatic rings. The van der Waals surface area contributed by atoms with E-state index in [1.165, 1.54) is 6.07 Å². The van der Waals surface area contributed by atoms with Crippen LogP contribution in [0, 0.1) is 11.6 Å². The van der Waals surface area contributed by atoms with Gasteiger partial charge < -0.3 is 0 Å². The van der Waals surface area contributed by atoms with Crippen LogP contribution in [0.4, 0.5) is 8.78 Å². The third-order valence-electron chi connectivity index (χ3n) is 2.76. The first-order valence-corrected chi connectivity index (χ1v) is 5.48. The fraction of sp³-hybridized carbons (Fsp3) is 0.250. The lowest BCUT2D eigenvalue weighted by Crippen LogP contribution is -2.29.